The molecule has 0 atom stereocenters. The molecule has 15 heavy (non-hydrogen) atoms. The van der Waals surface area contributed by atoms with Crippen LogP contribution in [0.15, 0.2) is 30.9 Å². The van der Waals surface area contributed by atoms with Gasteiger partial charge in [-0.15, -0.1) is 0 Å². The summed E-state index contributed by atoms with van der Waals surface area (Å²) in [5, 5.41) is 2.64. The van der Waals surface area contributed by atoms with Gasteiger partial charge >= 0.3 is 0 Å². The van der Waals surface area contributed by atoms with Crippen LogP contribution in [-0.4, -0.2) is 11.7 Å². The van der Waals surface area contributed by atoms with E-state index in [-0.39, 0.29) is 11.7 Å². The second-order valence-corrected chi connectivity index (χ2v) is 3.46. The maximum atomic E-state index is 11.6. The maximum absolute atomic E-state index is 11.6. The van der Waals surface area contributed by atoms with E-state index in [9.17, 15) is 9.59 Å². The standard InChI is InChI=1S/C12H11NO2/c1-2-11(15)13-9-5-3-4-8-6-7-10(14)12(8)9/h2-5H,1,6-7H2,(H,13,15). The molecule has 1 aliphatic carbocycles. The van der Waals surface area contributed by atoms with Crippen molar-refractivity contribution in [3.8, 4) is 0 Å². The molecule has 76 valence electrons. The Morgan fingerprint density at radius 2 is 2.20 bits per heavy atom. The Morgan fingerprint density at radius 1 is 1.40 bits per heavy atom. The summed E-state index contributed by atoms with van der Waals surface area (Å²) in [4.78, 5) is 22.7. The van der Waals surface area contributed by atoms with E-state index in [0.29, 0.717) is 17.7 Å². The van der Waals surface area contributed by atoms with Gasteiger partial charge in [0.1, 0.15) is 0 Å². The molecule has 3 heteroatoms. The number of ketones is 1. The van der Waals surface area contributed by atoms with Crippen LogP contribution in [0.1, 0.15) is 22.3 Å². The summed E-state index contributed by atoms with van der Waals surface area (Å²) in [5.74, 6) is -0.187. The highest BCUT2D eigenvalue weighted by Gasteiger charge is 2.22. The van der Waals surface area contributed by atoms with Gasteiger partial charge in [-0.2, -0.15) is 0 Å². The largest absolute Gasteiger partial charge is 0.322 e. The zero-order valence-corrected chi connectivity index (χ0v) is 8.25. The molecule has 0 radical (unpaired) electrons. The summed E-state index contributed by atoms with van der Waals surface area (Å²) in [6.45, 7) is 3.37. The van der Waals surface area contributed by atoms with Gasteiger partial charge in [0.25, 0.3) is 0 Å². The predicted molar refractivity (Wildman–Crippen MR) is 57.9 cm³/mol. The Kier molecular flexibility index (Phi) is 2.37. The highest BCUT2D eigenvalue weighted by Crippen LogP contribution is 2.28. The van der Waals surface area contributed by atoms with Gasteiger partial charge in [-0.25, -0.2) is 0 Å². The van der Waals surface area contributed by atoms with E-state index in [0.717, 1.165) is 12.0 Å². The molecule has 1 aliphatic rings. The number of nitrogens with one attached hydrogen (secondary N) is 1. The minimum atomic E-state index is -0.289. The third-order valence-electron chi connectivity index (χ3n) is 2.49. The molecule has 0 saturated carbocycles. The molecule has 0 heterocycles. The lowest BCUT2D eigenvalue weighted by Gasteiger charge is -2.07. The van der Waals surface area contributed by atoms with E-state index in [1.54, 1.807) is 6.07 Å². The second-order valence-electron chi connectivity index (χ2n) is 3.46. The predicted octanol–water partition coefficient (Wildman–Crippen LogP) is 1.94. The molecule has 2 rings (SSSR count). The number of fused-ring (bicyclic) bond motifs is 1. The summed E-state index contributed by atoms with van der Waals surface area (Å²) in [6.07, 6.45) is 2.50. The van der Waals surface area contributed by atoms with Crippen LogP contribution < -0.4 is 5.32 Å². The lowest BCUT2D eigenvalue weighted by molar-refractivity contribution is -0.111. The van der Waals surface area contributed by atoms with Gasteiger partial charge < -0.3 is 5.32 Å². The molecule has 0 spiro atoms. The van der Waals surface area contributed by atoms with Crippen molar-refractivity contribution in [2.24, 2.45) is 0 Å². The number of anilines is 1. The minimum Gasteiger partial charge on any atom is -0.322 e. The second kappa shape index (κ2) is 3.69. The van der Waals surface area contributed by atoms with Crippen LogP contribution in [-0.2, 0) is 11.2 Å². The van der Waals surface area contributed by atoms with Gasteiger partial charge in [-0.1, -0.05) is 18.7 Å². The van der Waals surface area contributed by atoms with Gasteiger partial charge in [0.2, 0.25) is 5.91 Å². The number of aryl methyl sites for hydroxylation is 1. The van der Waals surface area contributed by atoms with Crippen molar-refractivity contribution in [3.05, 3.63) is 42.0 Å². The number of rotatable bonds is 2. The first-order chi connectivity index (χ1) is 7.22. The van der Waals surface area contributed by atoms with Gasteiger partial charge in [-0.3, -0.25) is 9.59 Å². The van der Waals surface area contributed by atoms with Crippen LogP contribution in [0.4, 0.5) is 5.69 Å². The van der Waals surface area contributed by atoms with E-state index in [2.05, 4.69) is 11.9 Å². The van der Waals surface area contributed by atoms with E-state index >= 15 is 0 Å². The first kappa shape index (κ1) is 9.65. The van der Waals surface area contributed by atoms with Crippen LogP contribution >= 0.6 is 0 Å². The fourth-order valence-electron chi connectivity index (χ4n) is 1.80. The zero-order valence-electron chi connectivity index (χ0n) is 8.25. The summed E-state index contributed by atoms with van der Waals surface area (Å²) >= 11 is 0. The lowest BCUT2D eigenvalue weighted by atomic mass is 10.1. The van der Waals surface area contributed by atoms with Crippen molar-refractivity contribution in [1.29, 1.82) is 0 Å². The number of hydrogen-bond acceptors (Lipinski definition) is 2. The zero-order chi connectivity index (χ0) is 10.8. The average Bonchev–Trinajstić information content (AvgIpc) is 2.61. The van der Waals surface area contributed by atoms with Crippen molar-refractivity contribution in [2.75, 3.05) is 5.32 Å². The number of Topliss-reactive ketones (excluding diaryl/α,β-unsaturated/α-hetero) is 1. The fraction of sp³-hybridized carbons (Fsp3) is 0.167. The third kappa shape index (κ3) is 1.68. The number of hydrogen-bond donors (Lipinski definition) is 1. The smallest absolute Gasteiger partial charge is 0.247 e. The van der Waals surface area contributed by atoms with Crippen LogP contribution in [0.25, 0.3) is 0 Å². The number of benzene rings is 1. The van der Waals surface area contributed by atoms with Crippen molar-refractivity contribution in [3.63, 3.8) is 0 Å². The highest BCUT2D eigenvalue weighted by molar-refractivity contribution is 6.09. The Hall–Kier alpha value is -1.90. The van der Waals surface area contributed by atoms with E-state index in [1.165, 1.54) is 6.08 Å². The molecule has 0 aromatic heterocycles. The molecule has 1 amide bonds. The van der Waals surface area contributed by atoms with Gasteiger partial charge in [-0.05, 0) is 24.1 Å². The molecule has 0 bridgehead atoms. The summed E-state index contributed by atoms with van der Waals surface area (Å²) in [6, 6.07) is 5.50. The van der Waals surface area contributed by atoms with E-state index in [4.69, 9.17) is 0 Å². The molecule has 0 fully saturated rings. The first-order valence-electron chi connectivity index (χ1n) is 4.81. The molecular formula is C12H11NO2. The topological polar surface area (TPSA) is 46.2 Å². The van der Waals surface area contributed by atoms with Crippen LogP contribution in [0.5, 0.6) is 0 Å². The van der Waals surface area contributed by atoms with Crippen molar-refractivity contribution < 1.29 is 9.59 Å². The Balaban J connectivity index is 2.40. The number of carbonyl (C=O) groups is 2. The number of amides is 1. The van der Waals surface area contributed by atoms with Gasteiger partial charge in [0.15, 0.2) is 5.78 Å². The molecule has 1 N–H and O–H groups in total. The monoisotopic (exact) mass is 201 g/mol. The normalized spacial score (nSPS) is 13.5. The average molecular weight is 201 g/mol. The fourth-order valence-corrected chi connectivity index (χ4v) is 1.80. The quantitative estimate of drug-likeness (QED) is 0.743. The SMILES string of the molecule is C=CC(=O)Nc1cccc2c1C(=O)CC2. The molecule has 0 saturated heterocycles. The summed E-state index contributed by atoms with van der Waals surface area (Å²) < 4.78 is 0. The minimum absolute atomic E-state index is 0.102. The molecule has 0 aliphatic heterocycles. The molecule has 1 aromatic carbocycles. The van der Waals surface area contributed by atoms with Crippen molar-refractivity contribution in [2.45, 2.75) is 12.8 Å². The maximum Gasteiger partial charge on any atom is 0.247 e. The van der Waals surface area contributed by atoms with Crippen LogP contribution in [0.2, 0.25) is 0 Å². The molecular weight excluding hydrogens is 190 g/mol. The van der Waals surface area contributed by atoms with Crippen LogP contribution in [0.3, 0.4) is 0 Å². The Labute approximate surface area is 87.8 Å². The lowest BCUT2D eigenvalue weighted by Crippen LogP contribution is -2.10. The van der Waals surface area contributed by atoms with Crippen LogP contribution in [0, 0.1) is 0 Å². The number of carbonyl (C=O) groups excluding carboxylic acids is 2. The van der Waals surface area contributed by atoms with Crippen molar-refractivity contribution >= 4 is 17.4 Å². The Morgan fingerprint density at radius 3 is 2.93 bits per heavy atom. The van der Waals surface area contributed by atoms with Gasteiger partial charge in [0.05, 0.1) is 5.69 Å². The molecule has 0 unspecified atom stereocenters. The third-order valence-corrected chi connectivity index (χ3v) is 2.49. The summed E-state index contributed by atoms with van der Waals surface area (Å²) in [7, 11) is 0. The van der Waals surface area contributed by atoms with Crippen molar-refractivity contribution in [1.82, 2.24) is 0 Å². The molecule has 1 aromatic rings. The van der Waals surface area contributed by atoms with Gasteiger partial charge in [0, 0.05) is 12.0 Å². The first-order valence-corrected chi connectivity index (χ1v) is 4.81. The highest BCUT2D eigenvalue weighted by atomic mass is 16.1. The summed E-state index contributed by atoms with van der Waals surface area (Å²) in [5.41, 5.74) is 2.27. The Bertz CT molecular complexity index is 449. The van der Waals surface area contributed by atoms with E-state index < -0.39 is 0 Å². The molecule has 3 nitrogen and oxygen atoms in total. The van der Waals surface area contributed by atoms with E-state index in [1.807, 2.05) is 12.1 Å².